The summed E-state index contributed by atoms with van der Waals surface area (Å²) in [4.78, 5) is 49.6. The monoisotopic (exact) mass is 460 g/mol. The third-order valence-corrected chi connectivity index (χ3v) is 5.48. The summed E-state index contributed by atoms with van der Waals surface area (Å²) in [6.45, 7) is 10.9. The summed E-state index contributed by atoms with van der Waals surface area (Å²) in [6, 6.07) is -3.57. The van der Waals surface area contributed by atoms with Crippen molar-refractivity contribution >= 4 is 35.5 Å². The molecular formula is C21H40N4O5S. The minimum absolute atomic E-state index is 0.0753. The Bertz CT molecular complexity index is 613. The van der Waals surface area contributed by atoms with Crippen LogP contribution in [0.15, 0.2) is 0 Å². The first kappa shape index (κ1) is 29.2. The first-order valence-electron chi connectivity index (χ1n) is 10.7. The quantitative estimate of drug-likeness (QED) is 0.259. The van der Waals surface area contributed by atoms with E-state index in [1.165, 1.54) is 11.8 Å². The van der Waals surface area contributed by atoms with E-state index in [0.717, 1.165) is 0 Å². The third kappa shape index (κ3) is 10.9. The van der Waals surface area contributed by atoms with E-state index in [1.54, 1.807) is 13.8 Å². The summed E-state index contributed by atoms with van der Waals surface area (Å²) in [7, 11) is 0. The van der Waals surface area contributed by atoms with Crippen molar-refractivity contribution in [3.05, 3.63) is 0 Å². The molecule has 31 heavy (non-hydrogen) atoms. The molecule has 4 unspecified atom stereocenters. The second-order valence-corrected chi connectivity index (χ2v) is 9.86. The molecule has 0 aromatic rings. The number of hydrogen-bond acceptors (Lipinski definition) is 6. The molecule has 4 atom stereocenters. The number of aliphatic carboxylic acids is 1. The van der Waals surface area contributed by atoms with Crippen LogP contribution in [0.25, 0.3) is 0 Å². The predicted octanol–water partition coefficient (Wildman–Crippen LogP) is 0.964. The van der Waals surface area contributed by atoms with Crippen molar-refractivity contribution < 1.29 is 24.3 Å². The van der Waals surface area contributed by atoms with Crippen LogP contribution in [0.1, 0.15) is 54.4 Å². The highest BCUT2D eigenvalue weighted by atomic mass is 32.2. The van der Waals surface area contributed by atoms with Crippen molar-refractivity contribution in [3.63, 3.8) is 0 Å². The molecule has 0 saturated carbocycles. The molecule has 3 amide bonds. The van der Waals surface area contributed by atoms with E-state index < -0.39 is 47.9 Å². The fourth-order valence-corrected chi connectivity index (χ4v) is 3.29. The molecule has 6 N–H and O–H groups in total. The normalized spacial score (nSPS) is 15.3. The zero-order valence-corrected chi connectivity index (χ0v) is 20.5. The number of carbonyl (C=O) groups excluding carboxylic acids is 3. The van der Waals surface area contributed by atoms with E-state index in [-0.39, 0.29) is 24.2 Å². The number of hydrogen-bond donors (Lipinski definition) is 5. The largest absolute Gasteiger partial charge is 0.480 e. The molecule has 0 aliphatic rings. The van der Waals surface area contributed by atoms with Crippen LogP contribution < -0.4 is 21.7 Å². The number of carbonyl (C=O) groups is 4. The van der Waals surface area contributed by atoms with Gasteiger partial charge in [0, 0.05) is 0 Å². The zero-order valence-electron chi connectivity index (χ0n) is 19.7. The van der Waals surface area contributed by atoms with Gasteiger partial charge in [-0.3, -0.25) is 14.4 Å². The Morgan fingerprint density at radius 3 is 1.81 bits per heavy atom. The lowest BCUT2D eigenvalue weighted by Gasteiger charge is -2.27. The van der Waals surface area contributed by atoms with Gasteiger partial charge in [0.1, 0.15) is 18.1 Å². The highest BCUT2D eigenvalue weighted by molar-refractivity contribution is 7.98. The highest BCUT2D eigenvalue weighted by Gasteiger charge is 2.32. The lowest BCUT2D eigenvalue weighted by Crippen LogP contribution is -2.59. The first-order chi connectivity index (χ1) is 14.3. The van der Waals surface area contributed by atoms with Crippen LogP contribution >= 0.6 is 11.8 Å². The molecule has 0 fully saturated rings. The number of carboxylic acid groups (broad SMARTS) is 1. The third-order valence-electron chi connectivity index (χ3n) is 4.83. The van der Waals surface area contributed by atoms with Gasteiger partial charge in [-0.15, -0.1) is 0 Å². The van der Waals surface area contributed by atoms with Crippen LogP contribution in [-0.2, 0) is 19.2 Å². The van der Waals surface area contributed by atoms with Gasteiger partial charge in [-0.05, 0) is 42.6 Å². The lowest BCUT2D eigenvalue weighted by atomic mass is 9.99. The van der Waals surface area contributed by atoms with Gasteiger partial charge in [0.05, 0.1) is 6.04 Å². The van der Waals surface area contributed by atoms with Crippen LogP contribution in [0.3, 0.4) is 0 Å². The summed E-state index contributed by atoms with van der Waals surface area (Å²) < 4.78 is 0. The lowest BCUT2D eigenvalue weighted by molar-refractivity contribution is -0.142. The van der Waals surface area contributed by atoms with Gasteiger partial charge < -0.3 is 26.8 Å². The standard InChI is InChI=1S/C21H40N4O5S/c1-11(2)10-15(21(29)30)24-18(26)14(8-9-31-7)23-20(28)17(13(5)6)25-19(27)16(22)12(3)4/h11-17H,8-10,22H2,1-7H3,(H,23,28)(H,24,26)(H,25,27)(H,29,30). The maximum Gasteiger partial charge on any atom is 0.326 e. The molecule has 10 heteroatoms. The summed E-state index contributed by atoms with van der Waals surface area (Å²) in [5, 5.41) is 17.3. The SMILES string of the molecule is CSCCC(NC(=O)C(NC(=O)C(N)C(C)C)C(C)C)C(=O)NC(CC(C)C)C(=O)O. The second kappa shape index (κ2) is 14.3. The van der Waals surface area contributed by atoms with Gasteiger partial charge in [0.15, 0.2) is 0 Å². The van der Waals surface area contributed by atoms with Gasteiger partial charge in [-0.25, -0.2) is 4.79 Å². The minimum Gasteiger partial charge on any atom is -0.480 e. The number of nitrogens with one attached hydrogen (secondary N) is 3. The second-order valence-electron chi connectivity index (χ2n) is 8.87. The Kier molecular flexibility index (Phi) is 13.5. The van der Waals surface area contributed by atoms with Crippen molar-refractivity contribution in [2.75, 3.05) is 12.0 Å². The van der Waals surface area contributed by atoms with Gasteiger partial charge in [0.25, 0.3) is 0 Å². The average Bonchev–Trinajstić information content (AvgIpc) is 2.66. The van der Waals surface area contributed by atoms with Gasteiger partial charge in [-0.2, -0.15) is 11.8 Å². The Balaban J connectivity index is 5.40. The van der Waals surface area contributed by atoms with Crippen molar-refractivity contribution in [1.29, 1.82) is 0 Å². The van der Waals surface area contributed by atoms with Gasteiger partial charge in [-0.1, -0.05) is 41.5 Å². The molecule has 0 radical (unpaired) electrons. The van der Waals surface area contributed by atoms with Crippen LogP contribution in [0.5, 0.6) is 0 Å². The molecule has 9 nitrogen and oxygen atoms in total. The molecule has 0 aliphatic heterocycles. The zero-order chi connectivity index (χ0) is 24.3. The summed E-state index contributed by atoms with van der Waals surface area (Å²) in [5.74, 6) is -2.27. The Hall–Kier alpha value is -1.81. The molecule has 0 aromatic heterocycles. The Morgan fingerprint density at radius 2 is 1.39 bits per heavy atom. The van der Waals surface area contributed by atoms with Gasteiger partial charge >= 0.3 is 5.97 Å². The summed E-state index contributed by atoms with van der Waals surface area (Å²) in [5.41, 5.74) is 5.88. The maximum atomic E-state index is 12.9. The Morgan fingerprint density at radius 1 is 0.839 bits per heavy atom. The minimum atomic E-state index is -1.12. The van der Waals surface area contributed by atoms with E-state index in [0.29, 0.717) is 12.2 Å². The van der Waals surface area contributed by atoms with Crippen LogP contribution in [0, 0.1) is 17.8 Å². The molecule has 0 saturated heterocycles. The molecule has 0 spiro atoms. The number of amides is 3. The Labute approximate surface area is 190 Å². The van der Waals surface area contributed by atoms with E-state index in [2.05, 4.69) is 16.0 Å². The van der Waals surface area contributed by atoms with E-state index in [4.69, 9.17) is 5.73 Å². The average molecular weight is 461 g/mol. The van der Waals surface area contributed by atoms with Gasteiger partial charge in [0.2, 0.25) is 17.7 Å². The van der Waals surface area contributed by atoms with E-state index >= 15 is 0 Å². The van der Waals surface area contributed by atoms with Crippen LogP contribution in [0.2, 0.25) is 0 Å². The topological polar surface area (TPSA) is 151 Å². The smallest absolute Gasteiger partial charge is 0.326 e. The number of thioether (sulfide) groups is 1. The molecular weight excluding hydrogens is 420 g/mol. The molecule has 0 rings (SSSR count). The fourth-order valence-electron chi connectivity index (χ4n) is 2.82. The fraction of sp³-hybridized carbons (Fsp3) is 0.810. The number of carboxylic acids is 1. The van der Waals surface area contributed by atoms with Crippen LogP contribution in [-0.4, -0.2) is 65.0 Å². The summed E-state index contributed by atoms with van der Waals surface area (Å²) >= 11 is 1.51. The van der Waals surface area contributed by atoms with Crippen LogP contribution in [0.4, 0.5) is 0 Å². The number of nitrogens with two attached hydrogens (primary N) is 1. The summed E-state index contributed by atoms with van der Waals surface area (Å²) in [6.07, 6.45) is 2.49. The van der Waals surface area contributed by atoms with E-state index in [9.17, 15) is 24.3 Å². The van der Waals surface area contributed by atoms with Crippen molar-refractivity contribution in [3.8, 4) is 0 Å². The van der Waals surface area contributed by atoms with Crippen molar-refractivity contribution in [2.45, 2.75) is 78.6 Å². The molecule has 0 heterocycles. The molecule has 180 valence electrons. The molecule has 0 aromatic carbocycles. The number of rotatable bonds is 14. The predicted molar refractivity (Wildman–Crippen MR) is 124 cm³/mol. The maximum absolute atomic E-state index is 12.9. The highest BCUT2D eigenvalue weighted by Crippen LogP contribution is 2.09. The van der Waals surface area contributed by atoms with Crippen molar-refractivity contribution in [1.82, 2.24) is 16.0 Å². The first-order valence-corrected chi connectivity index (χ1v) is 12.1. The molecule has 0 aliphatic carbocycles. The molecule has 0 bridgehead atoms. The van der Waals surface area contributed by atoms with E-state index in [1.807, 2.05) is 34.0 Å². The van der Waals surface area contributed by atoms with Crippen molar-refractivity contribution in [2.24, 2.45) is 23.5 Å².